The van der Waals surface area contributed by atoms with Crippen molar-refractivity contribution in [2.75, 3.05) is 50.9 Å². The van der Waals surface area contributed by atoms with E-state index in [0.717, 1.165) is 5.82 Å². The van der Waals surface area contributed by atoms with Gasteiger partial charge in [-0.05, 0) is 45.0 Å². The Morgan fingerprint density at radius 3 is 2.16 bits per heavy atom. The van der Waals surface area contributed by atoms with Crippen LogP contribution in [0.5, 0.6) is 17.2 Å². The molecule has 0 N–H and O–H groups in total. The van der Waals surface area contributed by atoms with E-state index in [2.05, 4.69) is 16.0 Å². The molecule has 0 aliphatic carbocycles. The molecule has 0 radical (unpaired) electrons. The smallest absolute Gasteiger partial charge is 0.254 e. The van der Waals surface area contributed by atoms with Gasteiger partial charge in [0.15, 0.2) is 11.5 Å². The molecule has 1 aromatic heterocycles. The number of nitriles is 1. The predicted octanol–water partition coefficient (Wildman–Crippen LogP) is 3.11. The van der Waals surface area contributed by atoms with Crippen LogP contribution in [-0.4, -0.2) is 61.8 Å². The van der Waals surface area contributed by atoms with E-state index in [1.54, 1.807) is 30.5 Å². The van der Waals surface area contributed by atoms with Crippen LogP contribution in [0.2, 0.25) is 0 Å². The molecular weight excluding hydrogens is 396 g/mol. The fourth-order valence-electron chi connectivity index (χ4n) is 3.49. The minimum Gasteiger partial charge on any atom is -0.490 e. The molecule has 8 nitrogen and oxygen atoms in total. The number of piperazine rings is 1. The second-order valence-corrected chi connectivity index (χ2v) is 6.89. The number of amides is 1. The molecule has 1 saturated heterocycles. The number of rotatable bonds is 8. The number of pyridine rings is 1. The fourth-order valence-corrected chi connectivity index (χ4v) is 3.49. The van der Waals surface area contributed by atoms with E-state index < -0.39 is 0 Å². The molecule has 2 aromatic rings. The van der Waals surface area contributed by atoms with Crippen molar-refractivity contribution >= 4 is 11.7 Å². The number of carbonyl (C=O) groups excluding carboxylic acids is 1. The standard InChI is InChI=1S/C23H28N4O4/c1-4-29-19-14-18(15-20(30-5-2)22(19)31-6-3)23(28)27-11-9-26(10-12-27)21-13-17(16-24)7-8-25-21/h7-8,13-15H,4-6,9-12H2,1-3H3. The van der Waals surface area contributed by atoms with E-state index in [1.807, 2.05) is 25.7 Å². The Hall–Kier alpha value is -3.47. The number of hydrogen-bond donors (Lipinski definition) is 0. The second-order valence-electron chi connectivity index (χ2n) is 6.89. The number of ether oxygens (including phenoxy) is 3. The SMILES string of the molecule is CCOc1cc(C(=O)N2CCN(c3cc(C#N)ccn3)CC2)cc(OCC)c1OCC. The molecule has 1 fully saturated rings. The summed E-state index contributed by atoms with van der Waals surface area (Å²) in [6.07, 6.45) is 1.63. The van der Waals surface area contributed by atoms with Gasteiger partial charge in [0.05, 0.1) is 31.5 Å². The van der Waals surface area contributed by atoms with Crippen molar-refractivity contribution in [1.29, 1.82) is 5.26 Å². The summed E-state index contributed by atoms with van der Waals surface area (Å²) in [7, 11) is 0. The Balaban J connectivity index is 1.77. The molecule has 1 aliphatic rings. The van der Waals surface area contributed by atoms with Gasteiger partial charge in [-0.1, -0.05) is 0 Å². The summed E-state index contributed by atoms with van der Waals surface area (Å²) in [6.45, 7) is 9.44. The molecule has 1 aliphatic heterocycles. The number of aromatic nitrogens is 1. The largest absolute Gasteiger partial charge is 0.490 e. The van der Waals surface area contributed by atoms with Gasteiger partial charge in [-0.3, -0.25) is 4.79 Å². The zero-order chi connectivity index (χ0) is 22.2. The number of carbonyl (C=O) groups is 1. The molecule has 8 heteroatoms. The highest BCUT2D eigenvalue weighted by molar-refractivity contribution is 5.95. The van der Waals surface area contributed by atoms with Gasteiger partial charge in [0, 0.05) is 37.9 Å². The predicted molar refractivity (Wildman–Crippen MR) is 117 cm³/mol. The third-order valence-electron chi connectivity index (χ3n) is 4.92. The van der Waals surface area contributed by atoms with Gasteiger partial charge < -0.3 is 24.0 Å². The number of nitrogens with zero attached hydrogens (tertiary/aromatic N) is 4. The monoisotopic (exact) mass is 424 g/mol. The van der Waals surface area contributed by atoms with Crippen LogP contribution in [0.3, 0.4) is 0 Å². The van der Waals surface area contributed by atoms with Crippen molar-refractivity contribution < 1.29 is 19.0 Å². The number of hydrogen-bond acceptors (Lipinski definition) is 7. The molecule has 0 atom stereocenters. The highest BCUT2D eigenvalue weighted by atomic mass is 16.5. The summed E-state index contributed by atoms with van der Waals surface area (Å²) < 4.78 is 17.2. The molecular formula is C23H28N4O4. The van der Waals surface area contributed by atoms with Crippen LogP contribution in [0.25, 0.3) is 0 Å². The van der Waals surface area contributed by atoms with Gasteiger partial charge in [0.1, 0.15) is 5.82 Å². The Kier molecular flexibility index (Phi) is 7.55. The van der Waals surface area contributed by atoms with Gasteiger partial charge in [0.2, 0.25) is 5.75 Å². The van der Waals surface area contributed by atoms with Crippen LogP contribution in [0, 0.1) is 11.3 Å². The van der Waals surface area contributed by atoms with Gasteiger partial charge in [-0.25, -0.2) is 4.98 Å². The lowest BCUT2D eigenvalue weighted by Crippen LogP contribution is -2.49. The average Bonchev–Trinajstić information content (AvgIpc) is 2.81. The van der Waals surface area contributed by atoms with E-state index in [-0.39, 0.29) is 5.91 Å². The Bertz CT molecular complexity index is 922. The van der Waals surface area contributed by atoms with E-state index in [9.17, 15) is 4.79 Å². The topological polar surface area (TPSA) is 87.9 Å². The highest BCUT2D eigenvalue weighted by Crippen LogP contribution is 2.39. The summed E-state index contributed by atoms with van der Waals surface area (Å²) in [5.74, 6) is 2.22. The Morgan fingerprint density at radius 2 is 1.61 bits per heavy atom. The van der Waals surface area contributed by atoms with Crippen molar-refractivity contribution in [1.82, 2.24) is 9.88 Å². The molecule has 1 amide bonds. The van der Waals surface area contributed by atoms with Crippen molar-refractivity contribution in [2.45, 2.75) is 20.8 Å². The maximum Gasteiger partial charge on any atom is 0.254 e. The van der Waals surface area contributed by atoms with E-state index in [1.165, 1.54) is 0 Å². The van der Waals surface area contributed by atoms with Crippen LogP contribution in [0.1, 0.15) is 36.7 Å². The molecule has 3 rings (SSSR count). The fraction of sp³-hybridized carbons (Fsp3) is 0.435. The molecule has 2 heterocycles. The van der Waals surface area contributed by atoms with Crippen LogP contribution < -0.4 is 19.1 Å². The zero-order valence-corrected chi connectivity index (χ0v) is 18.3. The molecule has 0 spiro atoms. The number of anilines is 1. The van der Waals surface area contributed by atoms with Crippen molar-refractivity contribution in [2.24, 2.45) is 0 Å². The summed E-state index contributed by atoms with van der Waals surface area (Å²) in [5, 5.41) is 9.10. The first-order chi connectivity index (χ1) is 15.1. The minimum atomic E-state index is -0.0802. The summed E-state index contributed by atoms with van der Waals surface area (Å²) >= 11 is 0. The average molecular weight is 425 g/mol. The quantitative estimate of drug-likeness (QED) is 0.643. The first kappa shape index (κ1) is 22.2. The lowest BCUT2D eigenvalue weighted by molar-refractivity contribution is 0.0745. The van der Waals surface area contributed by atoms with Gasteiger partial charge in [0.25, 0.3) is 5.91 Å². The number of benzene rings is 1. The Labute approximate surface area is 182 Å². The molecule has 164 valence electrons. The second kappa shape index (κ2) is 10.5. The van der Waals surface area contributed by atoms with E-state index in [0.29, 0.717) is 74.4 Å². The maximum absolute atomic E-state index is 13.2. The Morgan fingerprint density at radius 1 is 1.00 bits per heavy atom. The molecule has 0 bridgehead atoms. The normalized spacial score (nSPS) is 13.5. The molecule has 0 saturated carbocycles. The van der Waals surface area contributed by atoms with Gasteiger partial charge in [-0.2, -0.15) is 5.26 Å². The third-order valence-corrected chi connectivity index (χ3v) is 4.92. The summed E-state index contributed by atoms with van der Waals surface area (Å²) in [6, 6.07) is 9.04. The van der Waals surface area contributed by atoms with Crippen LogP contribution in [0.4, 0.5) is 5.82 Å². The lowest BCUT2D eigenvalue weighted by atomic mass is 10.1. The van der Waals surface area contributed by atoms with Crippen molar-refractivity contribution in [3.05, 3.63) is 41.6 Å². The highest BCUT2D eigenvalue weighted by Gasteiger charge is 2.25. The van der Waals surface area contributed by atoms with Crippen molar-refractivity contribution in [3.63, 3.8) is 0 Å². The third kappa shape index (κ3) is 5.18. The zero-order valence-electron chi connectivity index (χ0n) is 18.3. The molecule has 1 aromatic carbocycles. The van der Waals surface area contributed by atoms with E-state index >= 15 is 0 Å². The summed E-state index contributed by atoms with van der Waals surface area (Å²) in [5.41, 5.74) is 1.08. The van der Waals surface area contributed by atoms with Gasteiger partial charge >= 0.3 is 0 Å². The first-order valence-corrected chi connectivity index (χ1v) is 10.6. The molecule has 31 heavy (non-hydrogen) atoms. The minimum absolute atomic E-state index is 0.0802. The molecule has 0 unspecified atom stereocenters. The van der Waals surface area contributed by atoms with Gasteiger partial charge in [-0.15, -0.1) is 0 Å². The first-order valence-electron chi connectivity index (χ1n) is 10.6. The maximum atomic E-state index is 13.2. The van der Waals surface area contributed by atoms with Crippen LogP contribution in [0.15, 0.2) is 30.5 Å². The van der Waals surface area contributed by atoms with Crippen LogP contribution in [-0.2, 0) is 0 Å². The van der Waals surface area contributed by atoms with Crippen molar-refractivity contribution in [3.8, 4) is 23.3 Å². The lowest BCUT2D eigenvalue weighted by Gasteiger charge is -2.35. The summed E-state index contributed by atoms with van der Waals surface area (Å²) in [4.78, 5) is 21.5. The van der Waals surface area contributed by atoms with E-state index in [4.69, 9.17) is 19.5 Å². The van der Waals surface area contributed by atoms with Crippen LogP contribution >= 0.6 is 0 Å².